The second kappa shape index (κ2) is 21.7. The molecule has 4 rings (SSSR count). The SMILES string of the molecule is CC[C@H]1OC(=O)[C@H](C)[C@@H](O[C@H]2C[C@@](C)(OC)[C@@H](OC(C)=O)[C@H](C)O2)[C@H](C)[C@@H](O[C@@H]2O[C@H](C)C[C@H](N(C)C)[C@H]2OCCC#N)[C@](C)(O)C[C@@H](C)CN(C)[C@H](C)[C@H]2OC(C)(OC)O[C@@]21C. The molecule has 17 heteroatoms. The molecule has 0 aromatic carbocycles. The normalized spacial score (nSPS) is 46.0. The van der Waals surface area contributed by atoms with Crippen LogP contribution in [0, 0.1) is 29.1 Å². The molecule has 0 aromatic heterocycles. The molecule has 0 amide bonds. The van der Waals surface area contributed by atoms with Gasteiger partial charge in [-0.25, -0.2) is 0 Å². The molecule has 0 aliphatic carbocycles. The first-order chi connectivity index (χ1) is 29.3. The maximum Gasteiger partial charge on any atom is 0.311 e. The average Bonchev–Trinajstić information content (AvgIpc) is 3.49. The van der Waals surface area contributed by atoms with E-state index in [9.17, 15) is 20.0 Å². The van der Waals surface area contributed by atoms with Crippen molar-refractivity contribution in [3.8, 4) is 6.07 Å². The van der Waals surface area contributed by atoms with E-state index in [1.165, 1.54) is 14.0 Å². The first-order valence-electron chi connectivity index (χ1n) is 22.9. The zero-order chi connectivity index (χ0) is 47.4. The molecular weight excluding hydrogens is 819 g/mol. The number of likely N-dealkylation sites (N-methyl/N-ethyl adjacent to an activating group) is 2. The molecule has 0 spiro atoms. The fourth-order valence-corrected chi connectivity index (χ4v) is 10.6. The third-order valence-electron chi connectivity index (χ3n) is 14.0. The third kappa shape index (κ3) is 12.3. The van der Waals surface area contributed by atoms with Crippen molar-refractivity contribution in [1.82, 2.24) is 9.80 Å². The monoisotopic (exact) mass is 900 g/mol. The van der Waals surface area contributed by atoms with Crippen molar-refractivity contribution in [3.05, 3.63) is 0 Å². The van der Waals surface area contributed by atoms with Gasteiger partial charge in [-0.1, -0.05) is 20.8 Å². The zero-order valence-corrected chi connectivity index (χ0v) is 41.2. The number of hydrogen-bond donors (Lipinski definition) is 1. The van der Waals surface area contributed by atoms with Gasteiger partial charge >= 0.3 is 11.9 Å². The molecule has 1 N–H and O–H groups in total. The highest BCUT2D eigenvalue weighted by Crippen LogP contribution is 2.45. The van der Waals surface area contributed by atoms with E-state index < -0.39 is 102 Å². The maximum atomic E-state index is 14.9. The number of esters is 2. The summed E-state index contributed by atoms with van der Waals surface area (Å²) in [7, 11) is 9.00. The highest BCUT2D eigenvalue weighted by atomic mass is 16.9. The minimum atomic E-state index is -1.55. The Morgan fingerprint density at radius 2 is 1.65 bits per heavy atom. The third-order valence-corrected chi connectivity index (χ3v) is 14.0. The van der Waals surface area contributed by atoms with Crippen LogP contribution in [0.3, 0.4) is 0 Å². The van der Waals surface area contributed by atoms with Gasteiger partial charge in [0, 0.05) is 59.0 Å². The maximum absolute atomic E-state index is 14.9. The standard InChI is InChI=1S/C46H81N3O14/c1-18-34-45(11)39(62-46(12,54-17)63-45)30(6)49(15)25-26(2)23-43(9,52)38(61-42-37(55-21-19-20-47)33(48(13)14)22-27(3)56-42)28(4)36(29(5)41(51)59-34)60-35-24-44(10,53-16)40(31(7)57-35)58-32(8)50/h26-31,33-40,42,52H,18-19,21-25H2,1-17H3/t26-,27-,28+,29-,30-,31+,33+,34-,35+,36+,37-,38-,39-,40+,42+,43-,44-,45-,46?/m1/s1. The Bertz CT molecular complexity index is 1550. The number of aliphatic hydroxyl groups is 1. The van der Waals surface area contributed by atoms with E-state index in [1.807, 2.05) is 62.7 Å². The van der Waals surface area contributed by atoms with Gasteiger partial charge in [0.1, 0.15) is 29.5 Å². The van der Waals surface area contributed by atoms with Crippen LogP contribution in [0.4, 0.5) is 0 Å². The van der Waals surface area contributed by atoms with Crippen molar-refractivity contribution >= 4 is 11.9 Å². The van der Waals surface area contributed by atoms with E-state index >= 15 is 0 Å². The number of methoxy groups -OCH3 is 2. The molecule has 19 atom stereocenters. The van der Waals surface area contributed by atoms with Crippen molar-refractivity contribution in [1.29, 1.82) is 5.26 Å². The molecule has 0 aromatic rings. The lowest BCUT2D eigenvalue weighted by atomic mass is 9.77. The number of carbonyl (C=O) groups excluding carboxylic acids is 2. The zero-order valence-electron chi connectivity index (χ0n) is 41.2. The molecular formula is C46H81N3O14. The Kier molecular flexibility index (Phi) is 18.5. The van der Waals surface area contributed by atoms with Crippen molar-refractivity contribution < 1.29 is 66.8 Å². The molecule has 4 aliphatic heterocycles. The highest BCUT2D eigenvalue weighted by Gasteiger charge is 2.61. The summed E-state index contributed by atoms with van der Waals surface area (Å²) in [6.07, 6.45) is -5.95. The van der Waals surface area contributed by atoms with E-state index in [0.29, 0.717) is 19.4 Å². The Hall–Kier alpha value is -2.05. The highest BCUT2D eigenvalue weighted by molar-refractivity contribution is 5.73. The largest absolute Gasteiger partial charge is 0.459 e. The minimum Gasteiger partial charge on any atom is -0.459 e. The Morgan fingerprint density at radius 1 is 0.984 bits per heavy atom. The molecule has 0 saturated carbocycles. The van der Waals surface area contributed by atoms with Gasteiger partial charge in [-0.3, -0.25) is 9.59 Å². The molecule has 4 saturated heterocycles. The van der Waals surface area contributed by atoms with Crippen LogP contribution < -0.4 is 0 Å². The smallest absolute Gasteiger partial charge is 0.311 e. The minimum absolute atomic E-state index is 0.0959. The van der Waals surface area contributed by atoms with Gasteiger partial charge in [-0.2, -0.15) is 5.26 Å². The van der Waals surface area contributed by atoms with E-state index in [-0.39, 0.29) is 50.0 Å². The van der Waals surface area contributed by atoms with Crippen LogP contribution in [0.5, 0.6) is 0 Å². The summed E-state index contributed by atoms with van der Waals surface area (Å²) >= 11 is 0. The van der Waals surface area contributed by atoms with Gasteiger partial charge in [0.2, 0.25) is 0 Å². The Balaban J connectivity index is 1.88. The van der Waals surface area contributed by atoms with Crippen LogP contribution in [-0.2, 0) is 61.7 Å². The number of cyclic esters (lactones) is 1. The number of fused-ring (bicyclic) bond motifs is 1. The second-order valence-corrected chi connectivity index (χ2v) is 19.7. The van der Waals surface area contributed by atoms with Crippen molar-refractivity contribution in [2.75, 3.05) is 48.5 Å². The molecule has 364 valence electrons. The van der Waals surface area contributed by atoms with E-state index in [0.717, 1.165) is 0 Å². The van der Waals surface area contributed by atoms with Gasteiger partial charge in [0.15, 0.2) is 18.7 Å². The first kappa shape index (κ1) is 53.6. The molecule has 0 radical (unpaired) electrons. The van der Waals surface area contributed by atoms with E-state index in [2.05, 4.69) is 22.8 Å². The molecule has 17 nitrogen and oxygen atoms in total. The number of hydrogen-bond acceptors (Lipinski definition) is 17. The van der Waals surface area contributed by atoms with Gasteiger partial charge in [0.05, 0.1) is 55.0 Å². The Labute approximate surface area is 376 Å². The average molecular weight is 900 g/mol. The number of rotatable bonds is 12. The summed E-state index contributed by atoms with van der Waals surface area (Å²) < 4.78 is 70.6. The van der Waals surface area contributed by atoms with E-state index in [1.54, 1.807) is 34.8 Å². The summed E-state index contributed by atoms with van der Waals surface area (Å²) in [4.78, 5) is 31.3. The van der Waals surface area contributed by atoms with Crippen molar-refractivity contribution in [2.24, 2.45) is 17.8 Å². The Morgan fingerprint density at radius 3 is 2.22 bits per heavy atom. The van der Waals surface area contributed by atoms with Gasteiger partial charge in [0.25, 0.3) is 5.97 Å². The van der Waals surface area contributed by atoms with Crippen LogP contribution in [0.25, 0.3) is 0 Å². The lowest BCUT2D eigenvalue weighted by molar-refractivity contribution is -0.332. The summed E-state index contributed by atoms with van der Waals surface area (Å²) in [5.41, 5.74) is -3.71. The second-order valence-electron chi connectivity index (χ2n) is 19.7. The predicted molar refractivity (Wildman–Crippen MR) is 231 cm³/mol. The quantitative estimate of drug-likeness (QED) is 0.208. The molecule has 1 unspecified atom stereocenters. The van der Waals surface area contributed by atoms with Gasteiger partial charge in [-0.15, -0.1) is 0 Å². The van der Waals surface area contributed by atoms with E-state index in [4.69, 9.17) is 52.1 Å². The molecule has 4 heterocycles. The van der Waals surface area contributed by atoms with Gasteiger partial charge in [-0.05, 0) is 94.8 Å². The van der Waals surface area contributed by atoms with Crippen molar-refractivity contribution in [2.45, 2.75) is 211 Å². The number of ether oxygens (including phenoxy) is 11. The summed E-state index contributed by atoms with van der Waals surface area (Å²) in [5, 5.41) is 22.4. The molecule has 4 fully saturated rings. The molecule has 0 bridgehead atoms. The van der Waals surface area contributed by atoms with Gasteiger partial charge < -0.3 is 67.0 Å². The van der Waals surface area contributed by atoms with Crippen LogP contribution in [-0.4, -0.2) is 172 Å². The number of nitrogens with zero attached hydrogens (tertiary/aromatic N) is 3. The van der Waals surface area contributed by atoms with Crippen molar-refractivity contribution in [3.63, 3.8) is 0 Å². The molecule has 63 heavy (non-hydrogen) atoms. The number of carbonyl (C=O) groups is 2. The van der Waals surface area contributed by atoms with Crippen LogP contribution >= 0.6 is 0 Å². The van der Waals surface area contributed by atoms with Crippen LogP contribution in [0.1, 0.15) is 115 Å². The molecule has 4 aliphatic rings. The van der Waals surface area contributed by atoms with Crippen LogP contribution in [0.15, 0.2) is 0 Å². The predicted octanol–water partition coefficient (Wildman–Crippen LogP) is 4.79. The fourth-order valence-electron chi connectivity index (χ4n) is 10.6. The van der Waals surface area contributed by atoms with Crippen LogP contribution in [0.2, 0.25) is 0 Å². The fraction of sp³-hybridized carbons (Fsp3) is 0.935. The topological polar surface area (TPSA) is 186 Å². The number of nitriles is 1. The lowest BCUT2D eigenvalue weighted by Gasteiger charge is -2.49. The summed E-state index contributed by atoms with van der Waals surface area (Å²) in [6, 6.07) is 1.77. The summed E-state index contributed by atoms with van der Waals surface area (Å²) in [5.74, 6) is -4.25. The first-order valence-corrected chi connectivity index (χ1v) is 22.9. The lowest BCUT2D eigenvalue weighted by Crippen LogP contribution is -2.61. The summed E-state index contributed by atoms with van der Waals surface area (Å²) in [6.45, 7) is 22.7.